The number of ether oxygens (including phenoxy) is 1. The first-order valence-electron chi connectivity index (χ1n) is 10.6. The zero-order chi connectivity index (χ0) is 21.1. The lowest BCUT2D eigenvalue weighted by molar-refractivity contribution is 0.0148. The van der Waals surface area contributed by atoms with E-state index in [-0.39, 0.29) is 6.09 Å². The Balaban J connectivity index is 1.14. The molecule has 0 atom stereocenters. The Morgan fingerprint density at radius 3 is 2.61 bits per heavy atom. The Hall–Kier alpha value is -3.55. The van der Waals surface area contributed by atoms with Crippen LogP contribution in [0.15, 0.2) is 61.2 Å². The molecule has 1 aliphatic carbocycles. The van der Waals surface area contributed by atoms with Gasteiger partial charge in [-0.1, -0.05) is 6.07 Å². The summed E-state index contributed by atoms with van der Waals surface area (Å²) in [7, 11) is 0. The zero-order valence-electron chi connectivity index (χ0n) is 17.1. The summed E-state index contributed by atoms with van der Waals surface area (Å²) < 4.78 is 5.80. The second-order valence-corrected chi connectivity index (χ2v) is 8.22. The molecule has 2 aliphatic rings. The summed E-state index contributed by atoms with van der Waals surface area (Å²) in [5, 5.41) is 11.4. The molecule has 0 bridgehead atoms. The number of carbonyl (C=O) groups excluding carboxylic acids is 1. The van der Waals surface area contributed by atoms with Crippen molar-refractivity contribution in [3.63, 3.8) is 0 Å². The van der Waals surface area contributed by atoms with Crippen LogP contribution in [0.3, 0.4) is 0 Å². The Morgan fingerprint density at radius 2 is 1.90 bits per heavy atom. The molecular weight excluding hydrogens is 392 g/mol. The third kappa shape index (κ3) is 4.19. The molecule has 31 heavy (non-hydrogen) atoms. The van der Waals surface area contributed by atoms with E-state index in [1.165, 1.54) is 0 Å². The Bertz CT molecular complexity index is 1020. The highest BCUT2D eigenvalue weighted by molar-refractivity contribution is 5.89. The van der Waals surface area contributed by atoms with E-state index in [2.05, 4.69) is 31.5 Å². The fourth-order valence-corrected chi connectivity index (χ4v) is 4.36. The monoisotopic (exact) mass is 416 g/mol. The maximum absolute atomic E-state index is 12.4. The number of pyridine rings is 2. The van der Waals surface area contributed by atoms with E-state index < -0.39 is 5.60 Å². The van der Waals surface area contributed by atoms with Crippen LogP contribution < -0.4 is 10.2 Å². The lowest BCUT2D eigenvalue weighted by atomic mass is 9.78. The number of hydrogen-bond acceptors (Lipinski definition) is 7. The van der Waals surface area contributed by atoms with Gasteiger partial charge in [-0.05, 0) is 61.9 Å². The summed E-state index contributed by atoms with van der Waals surface area (Å²) in [4.78, 5) is 22.7. The topological polar surface area (TPSA) is 93.1 Å². The van der Waals surface area contributed by atoms with Gasteiger partial charge in [0.2, 0.25) is 0 Å². The summed E-state index contributed by atoms with van der Waals surface area (Å²) >= 11 is 0. The molecule has 1 saturated heterocycles. The maximum atomic E-state index is 12.4. The van der Waals surface area contributed by atoms with Crippen LogP contribution in [0.25, 0.3) is 11.1 Å². The smallest absolute Gasteiger partial charge is 0.416 e. The molecular formula is C23H24N6O2. The lowest BCUT2D eigenvalue weighted by Gasteiger charge is -2.35. The van der Waals surface area contributed by atoms with Crippen molar-refractivity contribution in [3.05, 3.63) is 61.2 Å². The Morgan fingerprint density at radius 1 is 1.06 bits per heavy atom. The molecule has 0 unspecified atom stereocenters. The molecule has 158 valence electrons. The van der Waals surface area contributed by atoms with Crippen LogP contribution in [0.5, 0.6) is 0 Å². The van der Waals surface area contributed by atoms with Crippen molar-refractivity contribution in [1.29, 1.82) is 0 Å². The minimum atomic E-state index is -0.408. The van der Waals surface area contributed by atoms with Crippen molar-refractivity contribution in [2.75, 3.05) is 23.3 Å². The summed E-state index contributed by atoms with van der Waals surface area (Å²) in [5.41, 5.74) is 1.70. The quantitative estimate of drug-likeness (QED) is 0.673. The van der Waals surface area contributed by atoms with Crippen LogP contribution in [0.2, 0.25) is 0 Å². The molecule has 8 heteroatoms. The van der Waals surface area contributed by atoms with Crippen LogP contribution >= 0.6 is 0 Å². The minimum Gasteiger partial charge on any atom is -0.441 e. The molecule has 2 fully saturated rings. The van der Waals surface area contributed by atoms with Gasteiger partial charge in [0.1, 0.15) is 11.4 Å². The lowest BCUT2D eigenvalue weighted by Crippen LogP contribution is -2.39. The van der Waals surface area contributed by atoms with Gasteiger partial charge in [-0.2, -0.15) is 5.10 Å². The number of nitrogens with one attached hydrogen (secondary N) is 1. The fourth-order valence-electron chi connectivity index (χ4n) is 4.36. The van der Waals surface area contributed by atoms with E-state index in [0.29, 0.717) is 18.3 Å². The van der Waals surface area contributed by atoms with E-state index in [1.807, 2.05) is 30.6 Å². The van der Waals surface area contributed by atoms with Gasteiger partial charge in [-0.15, -0.1) is 5.10 Å². The number of hydrogen-bond donors (Lipinski definition) is 1. The molecule has 1 amide bonds. The molecule has 3 aromatic rings. The standard InChI is InChI=1S/C23H24N6O2/c30-22-29(21-4-2-12-27-28-21)16-23(31-22)9-7-17(8-10-23)13-25-20-6-5-19(15-26-20)18-3-1-11-24-14-18/h1-6,11-12,14-15,17H,7-10,13,16H2,(H,25,26)/t17-,23-. The van der Waals surface area contributed by atoms with Crippen molar-refractivity contribution >= 4 is 17.7 Å². The van der Waals surface area contributed by atoms with Crippen LogP contribution in [0.1, 0.15) is 25.7 Å². The third-order valence-electron chi connectivity index (χ3n) is 6.15. The van der Waals surface area contributed by atoms with E-state index in [4.69, 9.17) is 4.74 Å². The first-order valence-corrected chi connectivity index (χ1v) is 10.6. The van der Waals surface area contributed by atoms with Crippen molar-refractivity contribution < 1.29 is 9.53 Å². The number of carbonyl (C=O) groups is 1. The molecule has 8 nitrogen and oxygen atoms in total. The van der Waals surface area contributed by atoms with Crippen LogP contribution in [-0.2, 0) is 4.74 Å². The number of anilines is 2. The van der Waals surface area contributed by atoms with Gasteiger partial charge < -0.3 is 10.1 Å². The molecule has 1 saturated carbocycles. The largest absolute Gasteiger partial charge is 0.441 e. The van der Waals surface area contributed by atoms with E-state index in [9.17, 15) is 4.79 Å². The third-order valence-corrected chi connectivity index (χ3v) is 6.15. The van der Waals surface area contributed by atoms with E-state index in [0.717, 1.165) is 49.2 Å². The van der Waals surface area contributed by atoms with Gasteiger partial charge >= 0.3 is 6.09 Å². The van der Waals surface area contributed by atoms with Gasteiger partial charge in [-0.25, -0.2) is 9.78 Å². The molecule has 1 spiro atoms. The van der Waals surface area contributed by atoms with Gasteiger partial charge in [-0.3, -0.25) is 9.88 Å². The summed E-state index contributed by atoms with van der Waals surface area (Å²) in [6, 6.07) is 11.6. The normalized spacial score (nSPS) is 23.0. The second-order valence-electron chi connectivity index (χ2n) is 8.22. The fraction of sp³-hybridized carbons (Fsp3) is 0.348. The van der Waals surface area contributed by atoms with Gasteiger partial charge in [0.15, 0.2) is 5.82 Å². The highest BCUT2D eigenvalue weighted by Gasteiger charge is 2.48. The van der Waals surface area contributed by atoms with Crippen LogP contribution in [0.4, 0.5) is 16.4 Å². The summed E-state index contributed by atoms with van der Waals surface area (Å²) in [5.74, 6) is 1.94. The predicted octanol–water partition coefficient (Wildman–Crippen LogP) is 3.93. The molecule has 1 aliphatic heterocycles. The first kappa shape index (κ1) is 19.4. The van der Waals surface area contributed by atoms with E-state index >= 15 is 0 Å². The average molecular weight is 416 g/mol. The Labute approximate surface area is 180 Å². The molecule has 1 N–H and O–H groups in total. The average Bonchev–Trinajstić information content (AvgIpc) is 3.16. The zero-order valence-corrected chi connectivity index (χ0v) is 17.1. The maximum Gasteiger partial charge on any atom is 0.416 e. The Kier molecular flexibility index (Phi) is 5.19. The minimum absolute atomic E-state index is 0.324. The van der Waals surface area contributed by atoms with Crippen molar-refractivity contribution in [2.45, 2.75) is 31.3 Å². The molecule has 5 rings (SSSR count). The van der Waals surface area contributed by atoms with Crippen molar-refractivity contribution in [3.8, 4) is 11.1 Å². The number of amides is 1. The summed E-state index contributed by atoms with van der Waals surface area (Å²) in [6.07, 6.45) is 10.5. The van der Waals surface area contributed by atoms with E-state index in [1.54, 1.807) is 29.4 Å². The highest BCUT2D eigenvalue weighted by Crippen LogP contribution is 2.40. The number of nitrogens with zero attached hydrogens (tertiary/aromatic N) is 5. The van der Waals surface area contributed by atoms with Gasteiger partial charge in [0.25, 0.3) is 0 Å². The number of rotatable bonds is 5. The van der Waals surface area contributed by atoms with Crippen molar-refractivity contribution in [1.82, 2.24) is 20.2 Å². The van der Waals surface area contributed by atoms with Gasteiger partial charge in [0, 0.05) is 42.5 Å². The molecule has 3 aromatic heterocycles. The first-order chi connectivity index (χ1) is 15.2. The second kappa shape index (κ2) is 8.29. The number of aromatic nitrogens is 4. The summed E-state index contributed by atoms with van der Waals surface area (Å²) in [6.45, 7) is 1.40. The van der Waals surface area contributed by atoms with Gasteiger partial charge in [0.05, 0.1) is 6.54 Å². The molecule has 0 aromatic carbocycles. The highest BCUT2D eigenvalue weighted by atomic mass is 16.6. The van der Waals surface area contributed by atoms with Crippen LogP contribution in [0, 0.1) is 5.92 Å². The predicted molar refractivity (Wildman–Crippen MR) is 117 cm³/mol. The van der Waals surface area contributed by atoms with Crippen molar-refractivity contribution in [2.24, 2.45) is 5.92 Å². The SMILES string of the molecule is O=C1O[C@]2(CC[C@H](CNc3ccc(-c4cccnc4)cn3)CC2)CN1c1cccnn1. The van der Waals surface area contributed by atoms with Crippen LogP contribution in [-0.4, -0.2) is 44.9 Å². The molecule has 4 heterocycles. The molecule has 0 radical (unpaired) electrons.